The highest BCUT2D eigenvalue weighted by atomic mass is 32.1. The molecule has 1 aromatic heterocycles. The number of aromatic nitrogens is 1. The van der Waals surface area contributed by atoms with E-state index >= 15 is 0 Å². The lowest BCUT2D eigenvalue weighted by Crippen LogP contribution is -2.47. The van der Waals surface area contributed by atoms with Gasteiger partial charge in [-0.25, -0.2) is 4.98 Å². The lowest BCUT2D eigenvalue weighted by atomic mass is 9.82. The lowest BCUT2D eigenvalue weighted by molar-refractivity contribution is -0.131. The highest BCUT2D eigenvalue weighted by molar-refractivity contribution is 7.09. The maximum Gasteiger partial charge on any atom is 0.219 e. The third kappa shape index (κ3) is 3.35. The van der Waals surface area contributed by atoms with Crippen LogP contribution in [0.4, 0.5) is 0 Å². The summed E-state index contributed by atoms with van der Waals surface area (Å²) in [5.41, 5.74) is 2.59. The average molecular weight is 356 g/mol. The summed E-state index contributed by atoms with van der Waals surface area (Å²) in [6.07, 6.45) is 1.07. The van der Waals surface area contributed by atoms with E-state index in [0.29, 0.717) is 17.9 Å². The number of hydrogen-bond donors (Lipinski definition) is 0. The standard InChI is InChI=1S/C20H25N3OS/c1-14-21-17(13-25-14)10-23-11-18(16-6-4-3-5-7-16)19-12-22(15(2)24)9-8-20(19)23/h3-7,13,18-20H,8-12H2,1-2H3/t18-,19-,20-/m1/s1. The van der Waals surface area contributed by atoms with Crippen LogP contribution >= 0.6 is 11.3 Å². The summed E-state index contributed by atoms with van der Waals surface area (Å²) in [6.45, 7) is 7.51. The highest BCUT2D eigenvalue weighted by Gasteiger charge is 2.45. The largest absolute Gasteiger partial charge is 0.343 e. The second-order valence-corrected chi connectivity index (χ2v) is 8.35. The van der Waals surface area contributed by atoms with Crippen molar-refractivity contribution in [2.45, 2.75) is 38.8 Å². The smallest absolute Gasteiger partial charge is 0.219 e. The number of likely N-dealkylation sites (tertiary alicyclic amines) is 2. The van der Waals surface area contributed by atoms with Crippen LogP contribution in [0.3, 0.4) is 0 Å². The van der Waals surface area contributed by atoms with Crippen LogP contribution in [0.25, 0.3) is 0 Å². The maximum atomic E-state index is 11.9. The number of carbonyl (C=O) groups excluding carboxylic acids is 1. The fraction of sp³-hybridized carbons (Fsp3) is 0.500. The van der Waals surface area contributed by atoms with Gasteiger partial charge in [0.25, 0.3) is 0 Å². The third-order valence-corrected chi connectivity index (χ3v) is 6.56. The first-order valence-corrected chi connectivity index (χ1v) is 9.95. The number of benzene rings is 1. The van der Waals surface area contributed by atoms with Gasteiger partial charge in [-0.05, 0) is 18.9 Å². The SMILES string of the molecule is CC(=O)N1CC[C@@H]2[C@H](C1)[C@@H](c1ccccc1)CN2Cc1csc(C)n1. The van der Waals surface area contributed by atoms with Crippen molar-refractivity contribution in [1.29, 1.82) is 0 Å². The van der Waals surface area contributed by atoms with Crippen LogP contribution in [0.1, 0.15) is 35.5 Å². The fourth-order valence-corrected chi connectivity index (χ4v) is 5.16. The second kappa shape index (κ2) is 6.89. The first-order chi connectivity index (χ1) is 12.1. The molecule has 0 aliphatic carbocycles. The molecule has 1 amide bonds. The van der Waals surface area contributed by atoms with Gasteiger partial charge >= 0.3 is 0 Å². The third-order valence-electron chi connectivity index (χ3n) is 5.74. The molecular formula is C20H25N3OS. The Morgan fingerprint density at radius 3 is 2.76 bits per heavy atom. The molecule has 0 N–H and O–H groups in total. The Morgan fingerprint density at radius 2 is 2.08 bits per heavy atom. The minimum atomic E-state index is 0.207. The van der Waals surface area contributed by atoms with Crippen LogP contribution in [0.2, 0.25) is 0 Å². The first-order valence-electron chi connectivity index (χ1n) is 9.07. The monoisotopic (exact) mass is 355 g/mol. The van der Waals surface area contributed by atoms with Crippen LogP contribution in [0.5, 0.6) is 0 Å². The van der Waals surface area contributed by atoms with Crippen LogP contribution in [-0.4, -0.2) is 46.4 Å². The Morgan fingerprint density at radius 1 is 1.28 bits per heavy atom. The molecule has 3 atom stereocenters. The van der Waals surface area contributed by atoms with E-state index in [1.807, 2.05) is 4.90 Å². The Labute approximate surface area is 153 Å². The van der Waals surface area contributed by atoms with E-state index < -0.39 is 0 Å². The van der Waals surface area contributed by atoms with E-state index in [1.54, 1.807) is 18.3 Å². The molecule has 2 fully saturated rings. The number of fused-ring (bicyclic) bond motifs is 1. The highest BCUT2D eigenvalue weighted by Crippen LogP contribution is 2.42. The predicted octanol–water partition coefficient (Wildman–Crippen LogP) is 3.29. The van der Waals surface area contributed by atoms with Gasteiger partial charge in [-0.15, -0.1) is 11.3 Å². The molecule has 5 heteroatoms. The molecule has 0 bridgehead atoms. The second-order valence-electron chi connectivity index (χ2n) is 7.29. The van der Waals surface area contributed by atoms with Crippen molar-refractivity contribution in [2.75, 3.05) is 19.6 Å². The van der Waals surface area contributed by atoms with Gasteiger partial charge in [-0.2, -0.15) is 0 Å². The number of hydrogen-bond acceptors (Lipinski definition) is 4. The van der Waals surface area contributed by atoms with Crippen molar-refractivity contribution in [3.63, 3.8) is 0 Å². The zero-order valence-electron chi connectivity index (χ0n) is 14.9. The number of carbonyl (C=O) groups is 1. The summed E-state index contributed by atoms with van der Waals surface area (Å²) < 4.78 is 0. The van der Waals surface area contributed by atoms with Crippen LogP contribution in [-0.2, 0) is 11.3 Å². The molecule has 2 aromatic rings. The van der Waals surface area contributed by atoms with Gasteiger partial charge < -0.3 is 4.90 Å². The van der Waals surface area contributed by atoms with Crippen LogP contribution < -0.4 is 0 Å². The normalized spacial score (nSPS) is 26.6. The van der Waals surface area contributed by atoms with Gasteiger partial charge in [0.15, 0.2) is 0 Å². The summed E-state index contributed by atoms with van der Waals surface area (Å²) in [5, 5.41) is 3.32. The number of nitrogens with zero attached hydrogens (tertiary/aromatic N) is 3. The Balaban J connectivity index is 1.59. The fourth-order valence-electron chi connectivity index (χ4n) is 4.55. The van der Waals surface area contributed by atoms with Crippen LogP contribution in [0.15, 0.2) is 35.7 Å². The van der Waals surface area contributed by atoms with E-state index in [9.17, 15) is 4.79 Å². The van der Waals surface area contributed by atoms with Gasteiger partial charge in [0, 0.05) is 56.4 Å². The topological polar surface area (TPSA) is 36.4 Å². The molecule has 132 valence electrons. The van der Waals surface area contributed by atoms with E-state index in [2.05, 4.69) is 52.5 Å². The van der Waals surface area contributed by atoms with Crippen molar-refractivity contribution >= 4 is 17.2 Å². The summed E-state index contributed by atoms with van der Waals surface area (Å²) >= 11 is 1.73. The van der Waals surface area contributed by atoms with Gasteiger partial charge in [-0.3, -0.25) is 9.69 Å². The Kier molecular flexibility index (Phi) is 4.61. The molecule has 4 rings (SSSR count). The van der Waals surface area contributed by atoms with Gasteiger partial charge in [0.05, 0.1) is 10.7 Å². The summed E-state index contributed by atoms with van der Waals surface area (Å²) in [5.74, 6) is 1.21. The predicted molar refractivity (Wildman–Crippen MR) is 101 cm³/mol. The molecule has 0 unspecified atom stereocenters. The van der Waals surface area contributed by atoms with Crippen molar-refractivity contribution in [3.8, 4) is 0 Å². The van der Waals surface area contributed by atoms with E-state index in [-0.39, 0.29) is 5.91 Å². The summed E-state index contributed by atoms with van der Waals surface area (Å²) in [7, 11) is 0. The number of rotatable bonds is 3. The average Bonchev–Trinajstić information content (AvgIpc) is 3.19. The Bertz CT molecular complexity index is 744. The van der Waals surface area contributed by atoms with Crippen molar-refractivity contribution in [2.24, 2.45) is 5.92 Å². The summed E-state index contributed by atoms with van der Waals surface area (Å²) in [6, 6.07) is 11.4. The minimum absolute atomic E-state index is 0.207. The maximum absolute atomic E-state index is 11.9. The van der Waals surface area contributed by atoms with Crippen molar-refractivity contribution in [3.05, 3.63) is 52.0 Å². The molecule has 1 aromatic carbocycles. The van der Waals surface area contributed by atoms with Crippen LogP contribution in [0, 0.1) is 12.8 Å². The molecule has 3 heterocycles. The van der Waals surface area contributed by atoms with Gasteiger partial charge in [0.2, 0.25) is 5.91 Å². The van der Waals surface area contributed by atoms with E-state index in [1.165, 1.54) is 11.3 Å². The molecule has 0 saturated carbocycles. The zero-order chi connectivity index (χ0) is 17.4. The Hall–Kier alpha value is -1.72. The number of amides is 1. The van der Waals surface area contributed by atoms with E-state index in [4.69, 9.17) is 0 Å². The number of piperidine rings is 1. The quantitative estimate of drug-likeness (QED) is 0.848. The van der Waals surface area contributed by atoms with Gasteiger partial charge in [0.1, 0.15) is 0 Å². The molecule has 0 radical (unpaired) electrons. The number of aryl methyl sites for hydroxylation is 1. The molecule has 2 aliphatic heterocycles. The van der Waals surface area contributed by atoms with E-state index in [0.717, 1.165) is 37.6 Å². The van der Waals surface area contributed by atoms with Crippen molar-refractivity contribution in [1.82, 2.24) is 14.8 Å². The molecule has 0 spiro atoms. The molecule has 2 saturated heterocycles. The lowest BCUT2D eigenvalue weighted by Gasteiger charge is -2.38. The van der Waals surface area contributed by atoms with Crippen molar-refractivity contribution < 1.29 is 4.79 Å². The minimum Gasteiger partial charge on any atom is -0.343 e. The molecular weight excluding hydrogens is 330 g/mol. The zero-order valence-corrected chi connectivity index (χ0v) is 15.7. The number of thiazole rings is 1. The molecule has 25 heavy (non-hydrogen) atoms. The first kappa shape index (κ1) is 16.7. The molecule has 4 nitrogen and oxygen atoms in total. The summed E-state index contributed by atoms with van der Waals surface area (Å²) in [4.78, 5) is 21.2. The molecule has 2 aliphatic rings. The van der Waals surface area contributed by atoms with Gasteiger partial charge in [-0.1, -0.05) is 30.3 Å².